The largest absolute Gasteiger partial charge is 0.388 e. The molecule has 0 amide bonds. The van der Waals surface area contributed by atoms with Crippen molar-refractivity contribution in [2.75, 3.05) is 0 Å². The molecule has 0 aromatic carbocycles. The number of rotatable bonds is 7. The molecule has 2 unspecified atom stereocenters. The van der Waals surface area contributed by atoms with Gasteiger partial charge in [-0.25, -0.2) is 0 Å². The molecule has 0 fully saturated rings. The molecular weight excluding hydrogens is 250 g/mol. The summed E-state index contributed by atoms with van der Waals surface area (Å²) in [5.41, 5.74) is 2.05. The van der Waals surface area contributed by atoms with Gasteiger partial charge < -0.3 is 9.67 Å². The second-order valence-electron chi connectivity index (χ2n) is 5.47. The van der Waals surface area contributed by atoms with Crippen LogP contribution in [0.2, 0.25) is 0 Å². The smallest absolute Gasteiger partial charge is 0.0821 e. The molecular formula is C16H25N3O. The predicted molar refractivity (Wildman–Crippen MR) is 80.6 cm³/mol. The maximum Gasteiger partial charge on any atom is 0.0821 e. The van der Waals surface area contributed by atoms with Crippen molar-refractivity contribution in [1.82, 2.24) is 14.3 Å². The van der Waals surface area contributed by atoms with E-state index in [1.807, 2.05) is 29.3 Å². The molecule has 0 radical (unpaired) electrons. The Bertz CT molecular complexity index is 529. The first-order valence-corrected chi connectivity index (χ1v) is 7.51. The molecule has 0 spiro atoms. The van der Waals surface area contributed by atoms with Gasteiger partial charge in [0.1, 0.15) is 0 Å². The van der Waals surface area contributed by atoms with Crippen LogP contribution in [0.15, 0.2) is 30.7 Å². The lowest BCUT2D eigenvalue weighted by molar-refractivity contribution is 0.166. The summed E-state index contributed by atoms with van der Waals surface area (Å²) < 4.78 is 4.10. The minimum absolute atomic E-state index is 0.348. The number of aliphatic hydroxyl groups excluding tert-OH is 1. The summed E-state index contributed by atoms with van der Waals surface area (Å²) in [5, 5.41) is 14.6. The Morgan fingerprint density at radius 3 is 2.75 bits per heavy atom. The van der Waals surface area contributed by atoms with Crippen LogP contribution in [0.4, 0.5) is 0 Å². The first-order valence-electron chi connectivity index (χ1n) is 7.51. The summed E-state index contributed by atoms with van der Waals surface area (Å²) in [6, 6.07) is 4.50. The van der Waals surface area contributed by atoms with Gasteiger partial charge in [-0.15, -0.1) is 0 Å². The molecule has 0 aliphatic heterocycles. The van der Waals surface area contributed by atoms with Crippen LogP contribution in [0.25, 0.3) is 0 Å². The van der Waals surface area contributed by atoms with Crippen LogP contribution >= 0.6 is 0 Å². The Hall–Kier alpha value is -1.55. The SMILES string of the molecule is CCCC(O)c1ccn(Cc2ccn(C(C)CC)n2)c1. The van der Waals surface area contributed by atoms with Crippen molar-refractivity contribution in [3.05, 3.63) is 42.0 Å². The highest BCUT2D eigenvalue weighted by Gasteiger charge is 2.09. The van der Waals surface area contributed by atoms with Gasteiger partial charge in [0.25, 0.3) is 0 Å². The van der Waals surface area contributed by atoms with E-state index in [-0.39, 0.29) is 6.10 Å². The van der Waals surface area contributed by atoms with Crippen LogP contribution in [-0.4, -0.2) is 19.5 Å². The van der Waals surface area contributed by atoms with Crippen LogP contribution in [0, 0.1) is 0 Å². The minimum Gasteiger partial charge on any atom is -0.388 e. The van der Waals surface area contributed by atoms with E-state index in [1.54, 1.807) is 0 Å². The number of aliphatic hydroxyl groups is 1. The molecule has 1 N–H and O–H groups in total. The minimum atomic E-state index is -0.348. The molecule has 0 bridgehead atoms. The second kappa shape index (κ2) is 6.75. The predicted octanol–water partition coefficient (Wildman–Crippen LogP) is 3.54. The quantitative estimate of drug-likeness (QED) is 0.840. The van der Waals surface area contributed by atoms with Gasteiger partial charge in [-0.05, 0) is 37.5 Å². The molecule has 2 rings (SSSR count). The highest BCUT2D eigenvalue weighted by Crippen LogP contribution is 2.19. The lowest BCUT2D eigenvalue weighted by Crippen LogP contribution is -2.06. The molecule has 2 aromatic rings. The van der Waals surface area contributed by atoms with Gasteiger partial charge in [0, 0.05) is 24.6 Å². The first-order chi connectivity index (χ1) is 9.63. The summed E-state index contributed by atoms with van der Waals surface area (Å²) in [6.45, 7) is 7.18. The monoisotopic (exact) mass is 275 g/mol. The third-order valence-corrected chi connectivity index (χ3v) is 3.77. The van der Waals surface area contributed by atoms with E-state index in [1.165, 1.54) is 0 Å². The fourth-order valence-corrected chi connectivity index (χ4v) is 2.28. The number of nitrogens with zero attached hydrogens (tertiary/aromatic N) is 3. The third kappa shape index (κ3) is 3.51. The van der Waals surface area contributed by atoms with Gasteiger partial charge in [-0.1, -0.05) is 20.3 Å². The number of hydrogen-bond donors (Lipinski definition) is 1. The molecule has 2 aromatic heterocycles. The zero-order valence-corrected chi connectivity index (χ0v) is 12.7. The maximum absolute atomic E-state index is 9.98. The van der Waals surface area contributed by atoms with Crippen LogP contribution in [0.5, 0.6) is 0 Å². The topological polar surface area (TPSA) is 43.0 Å². The van der Waals surface area contributed by atoms with Gasteiger partial charge in [0.05, 0.1) is 18.3 Å². The number of aromatic nitrogens is 3. The van der Waals surface area contributed by atoms with Crippen LogP contribution < -0.4 is 0 Å². The molecule has 110 valence electrons. The van der Waals surface area contributed by atoms with Gasteiger partial charge >= 0.3 is 0 Å². The van der Waals surface area contributed by atoms with Gasteiger partial charge in [-0.2, -0.15) is 5.10 Å². The van der Waals surface area contributed by atoms with E-state index in [4.69, 9.17) is 0 Å². The molecule has 0 saturated carbocycles. The van der Waals surface area contributed by atoms with E-state index in [0.29, 0.717) is 6.04 Å². The Morgan fingerprint density at radius 2 is 2.05 bits per heavy atom. The van der Waals surface area contributed by atoms with E-state index >= 15 is 0 Å². The van der Waals surface area contributed by atoms with E-state index < -0.39 is 0 Å². The summed E-state index contributed by atoms with van der Waals surface area (Å²) in [7, 11) is 0. The summed E-state index contributed by atoms with van der Waals surface area (Å²) >= 11 is 0. The van der Waals surface area contributed by atoms with E-state index in [2.05, 4.69) is 36.5 Å². The summed E-state index contributed by atoms with van der Waals surface area (Å²) in [5.74, 6) is 0. The maximum atomic E-state index is 9.98. The third-order valence-electron chi connectivity index (χ3n) is 3.77. The van der Waals surface area contributed by atoms with E-state index in [9.17, 15) is 5.11 Å². The molecule has 0 saturated heterocycles. The highest BCUT2D eigenvalue weighted by molar-refractivity contribution is 5.15. The molecule has 4 heteroatoms. The molecule has 2 heterocycles. The standard InChI is InChI=1S/C16H25N3O/c1-4-6-16(20)14-7-9-18(11-14)12-15-8-10-19(17-15)13(3)5-2/h7-11,13,16,20H,4-6,12H2,1-3H3. The van der Waals surface area contributed by atoms with Crippen LogP contribution in [0.3, 0.4) is 0 Å². The highest BCUT2D eigenvalue weighted by atomic mass is 16.3. The second-order valence-corrected chi connectivity index (χ2v) is 5.47. The fraction of sp³-hybridized carbons (Fsp3) is 0.562. The zero-order chi connectivity index (χ0) is 14.5. The van der Waals surface area contributed by atoms with Crippen LogP contribution in [0.1, 0.15) is 63.4 Å². The average molecular weight is 275 g/mol. The normalized spacial score (nSPS) is 14.4. The van der Waals surface area contributed by atoms with Crippen LogP contribution in [-0.2, 0) is 6.54 Å². The van der Waals surface area contributed by atoms with Crippen molar-refractivity contribution in [3.63, 3.8) is 0 Å². The molecule has 0 aliphatic rings. The summed E-state index contributed by atoms with van der Waals surface area (Å²) in [4.78, 5) is 0. The zero-order valence-electron chi connectivity index (χ0n) is 12.7. The first kappa shape index (κ1) is 14.9. The summed E-state index contributed by atoms with van der Waals surface area (Å²) in [6.07, 6.45) is 8.61. The van der Waals surface area contributed by atoms with Crippen molar-refractivity contribution in [2.45, 2.75) is 58.7 Å². The van der Waals surface area contributed by atoms with Crippen molar-refractivity contribution < 1.29 is 5.11 Å². The molecule has 2 atom stereocenters. The Morgan fingerprint density at radius 1 is 1.25 bits per heavy atom. The molecule has 20 heavy (non-hydrogen) atoms. The van der Waals surface area contributed by atoms with Gasteiger partial charge in [-0.3, -0.25) is 4.68 Å². The lowest BCUT2D eigenvalue weighted by atomic mass is 10.1. The van der Waals surface area contributed by atoms with Gasteiger partial charge in [0.2, 0.25) is 0 Å². The van der Waals surface area contributed by atoms with Crippen molar-refractivity contribution >= 4 is 0 Å². The average Bonchev–Trinajstić information content (AvgIpc) is 3.08. The Labute approximate surface area is 121 Å². The Balaban J connectivity index is 2.01. The van der Waals surface area contributed by atoms with Crippen molar-refractivity contribution in [1.29, 1.82) is 0 Å². The Kier molecular flexibility index (Phi) is 5.01. The molecule has 0 aliphatic carbocycles. The van der Waals surface area contributed by atoms with Crippen molar-refractivity contribution in [2.24, 2.45) is 0 Å². The van der Waals surface area contributed by atoms with Gasteiger partial charge in [0.15, 0.2) is 0 Å². The fourth-order valence-electron chi connectivity index (χ4n) is 2.28. The lowest BCUT2D eigenvalue weighted by Gasteiger charge is -2.08. The van der Waals surface area contributed by atoms with Crippen molar-refractivity contribution in [3.8, 4) is 0 Å². The number of hydrogen-bond acceptors (Lipinski definition) is 2. The van der Waals surface area contributed by atoms with E-state index in [0.717, 1.165) is 37.1 Å². The molecule has 4 nitrogen and oxygen atoms in total.